The third-order valence-electron chi connectivity index (χ3n) is 6.05. The van der Waals surface area contributed by atoms with Crippen LogP contribution >= 0.6 is 0 Å². The Morgan fingerprint density at radius 1 is 1.14 bits per heavy atom. The molecule has 0 bridgehead atoms. The molecule has 3 nitrogen and oxygen atoms in total. The van der Waals surface area contributed by atoms with Gasteiger partial charge in [0.05, 0.1) is 11.6 Å². The van der Waals surface area contributed by atoms with E-state index in [0.29, 0.717) is 12.0 Å². The summed E-state index contributed by atoms with van der Waals surface area (Å²) in [6.07, 6.45) is 4.45. The number of benzene rings is 2. The molecule has 3 rings (SSSR count). The number of amides is 1. The number of likely N-dealkylation sites (N-methyl/N-ethyl adjacent to an activating group) is 1. The van der Waals surface area contributed by atoms with Crippen LogP contribution in [0.25, 0.3) is 0 Å². The lowest BCUT2D eigenvalue weighted by atomic mass is 9.82. The maximum absolute atomic E-state index is 14.5. The first-order valence-electron chi connectivity index (χ1n) is 9.90. The van der Waals surface area contributed by atoms with E-state index in [0.717, 1.165) is 37.3 Å². The van der Waals surface area contributed by atoms with Crippen molar-refractivity contribution in [2.24, 2.45) is 0 Å². The summed E-state index contributed by atoms with van der Waals surface area (Å²) in [5, 5.41) is 3.11. The van der Waals surface area contributed by atoms with Crippen LogP contribution in [0, 0.1) is 11.6 Å². The second-order valence-electron chi connectivity index (χ2n) is 7.80. The Morgan fingerprint density at radius 2 is 1.79 bits per heavy atom. The molecule has 1 atom stereocenters. The fourth-order valence-corrected chi connectivity index (χ4v) is 4.52. The SMILES string of the molecule is CCc1cc(F)cc(F)c1C(=O)NC(c1ccccc1)C1(N(C)C)CCCC1. The van der Waals surface area contributed by atoms with Crippen molar-refractivity contribution < 1.29 is 13.6 Å². The van der Waals surface area contributed by atoms with E-state index < -0.39 is 17.5 Å². The molecule has 0 heterocycles. The van der Waals surface area contributed by atoms with Crippen LogP contribution < -0.4 is 5.32 Å². The second kappa shape index (κ2) is 8.39. The van der Waals surface area contributed by atoms with Gasteiger partial charge < -0.3 is 10.2 Å². The summed E-state index contributed by atoms with van der Waals surface area (Å²) in [6.45, 7) is 1.79. The minimum atomic E-state index is -0.813. The Morgan fingerprint density at radius 3 is 2.36 bits per heavy atom. The molecule has 2 aromatic rings. The summed E-state index contributed by atoms with van der Waals surface area (Å²) >= 11 is 0. The highest BCUT2D eigenvalue weighted by Gasteiger charge is 2.45. The van der Waals surface area contributed by atoms with Crippen molar-refractivity contribution in [2.75, 3.05) is 14.1 Å². The normalized spacial score (nSPS) is 16.9. The quantitative estimate of drug-likeness (QED) is 0.768. The van der Waals surface area contributed by atoms with Crippen LogP contribution in [0.15, 0.2) is 42.5 Å². The zero-order valence-electron chi connectivity index (χ0n) is 16.8. The fourth-order valence-electron chi connectivity index (χ4n) is 4.52. The lowest BCUT2D eigenvalue weighted by Crippen LogP contribution is -2.53. The molecule has 1 aliphatic rings. The number of nitrogens with one attached hydrogen (secondary N) is 1. The van der Waals surface area contributed by atoms with Gasteiger partial charge in [-0.1, -0.05) is 50.1 Å². The molecule has 1 N–H and O–H groups in total. The Hall–Kier alpha value is -2.27. The van der Waals surface area contributed by atoms with Crippen LogP contribution in [-0.4, -0.2) is 30.4 Å². The molecule has 0 radical (unpaired) electrons. The lowest BCUT2D eigenvalue weighted by Gasteiger charge is -2.44. The molecule has 150 valence electrons. The number of rotatable bonds is 6. The van der Waals surface area contributed by atoms with Gasteiger partial charge >= 0.3 is 0 Å². The highest BCUT2D eigenvalue weighted by Crippen LogP contribution is 2.43. The predicted octanol–water partition coefficient (Wildman–Crippen LogP) is 4.87. The molecule has 1 unspecified atom stereocenters. The Kier molecular flexibility index (Phi) is 6.14. The average molecular weight is 386 g/mol. The molecule has 1 saturated carbocycles. The maximum Gasteiger partial charge on any atom is 0.255 e. The van der Waals surface area contributed by atoms with Gasteiger partial charge in [0.1, 0.15) is 11.6 Å². The zero-order chi connectivity index (χ0) is 20.3. The molecule has 1 fully saturated rings. The van der Waals surface area contributed by atoms with Crippen molar-refractivity contribution in [2.45, 2.75) is 50.6 Å². The highest BCUT2D eigenvalue weighted by atomic mass is 19.1. The van der Waals surface area contributed by atoms with E-state index in [4.69, 9.17) is 0 Å². The average Bonchev–Trinajstić information content (AvgIpc) is 3.17. The van der Waals surface area contributed by atoms with Gasteiger partial charge in [0.2, 0.25) is 0 Å². The van der Waals surface area contributed by atoms with Crippen LogP contribution in [0.4, 0.5) is 8.78 Å². The number of hydrogen-bond donors (Lipinski definition) is 1. The van der Waals surface area contributed by atoms with Crippen LogP contribution in [0.3, 0.4) is 0 Å². The molecule has 0 spiro atoms. The van der Waals surface area contributed by atoms with E-state index in [-0.39, 0.29) is 17.1 Å². The number of carbonyl (C=O) groups excluding carboxylic acids is 1. The molecule has 1 amide bonds. The van der Waals surface area contributed by atoms with Crippen LogP contribution in [-0.2, 0) is 6.42 Å². The molecule has 2 aromatic carbocycles. The van der Waals surface area contributed by atoms with Crippen molar-refractivity contribution in [1.29, 1.82) is 0 Å². The largest absolute Gasteiger partial charge is 0.343 e. The highest BCUT2D eigenvalue weighted by molar-refractivity contribution is 5.96. The minimum absolute atomic E-state index is 0.0586. The molecular weight excluding hydrogens is 358 g/mol. The number of nitrogens with zero attached hydrogens (tertiary/aromatic N) is 1. The predicted molar refractivity (Wildman–Crippen MR) is 107 cm³/mol. The first-order chi connectivity index (χ1) is 13.4. The number of halogens is 2. The molecule has 5 heteroatoms. The number of hydrogen-bond acceptors (Lipinski definition) is 2. The summed E-state index contributed by atoms with van der Waals surface area (Å²) in [5.41, 5.74) is 1.08. The van der Waals surface area contributed by atoms with Crippen LogP contribution in [0.5, 0.6) is 0 Å². The first-order valence-corrected chi connectivity index (χ1v) is 9.90. The van der Waals surface area contributed by atoms with Gasteiger partial charge in [-0.05, 0) is 50.6 Å². The van der Waals surface area contributed by atoms with Crippen molar-refractivity contribution in [3.63, 3.8) is 0 Å². The lowest BCUT2D eigenvalue weighted by molar-refractivity contribution is 0.0762. The third-order valence-corrected chi connectivity index (χ3v) is 6.05. The van der Waals surface area contributed by atoms with E-state index in [1.54, 1.807) is 6.92 Å². The minimum Gasteiger partial charge on any atom is -0.343 e. The molecule has 1 aliphatic carbocycles. The molecule has 0 aliphatic heterocycles. The third kappa shape index (κ3) is 3.81. The Labute approximate surface area is 165 Å². The zero-order valence-corrected chi connectivity index (χ0v) is 16.8. The standard InChI is InChI=1S/C23H28F2N2O/c1-4-16-14-18(24)15-19(25)20(16)22(28)26-21(17-10-6-5-7-11-17)23(27(2)3)12-8-9-13-23/h5-7,10-11,14-15,21H,4,8-9,12-13H2,1-3H3,(H,26,28). The van der Waals surface area contributed by atoms with Crippen LogP contribution in [0.2, 0.25) is 0 Å². The number of aryl methyl sites for hydroxylation is 1. The van der Waals surface area contributed by atoms with Gasteiger partial charge in [0.25, 0.3) is 5.91 Å². The van der Waals surface area contributed by atoms with Gasteiger partial charge in [-0.25, -0.2) is 8.78 Å². The molecule has 0 aromatic heterocycles. The van der Waals surface area contributed by atoms with Crippen molar-refractivity contribution in [1.82, 2.24) is 10.2 Å². The van der Waals surface area contributed by atoms with Gasteiger partial charge in [-0.3, -0.25) is 4.79 Å². The van der Waals surface area contributed by atoms with E-state index >= 15 is 0 Å². The first kappa shape index (κ1) is 20.5. The summed E-state index contributed by atoms with van der Waals surface area (Å²) in [6, 6.07) is 11.6. The molecular formula is C23H28F2N2O. The summed E-state index contributed by atoms with van der Waals surface area (Å²) in [7, 11) is 4.06. The van der Waals surface area contributed by atoms with Gasteiger partial charge in [0.15, 0.2) is 0 Å². The smallest absolute Gasteiger partial charge is 0.255 e. The van der Waals surface area contributed by atoms with Crippen LogP contribution in [0.1, 0.15) is 60.1 Å². The maximum atomic E-state index is 14.5. The molecule has 0 saturated heterocycles. The molecule has 28 heavy (non-hydrogen) atoms. The van der Waals surface area contributed by atoms with Gasteiger partial charge in [-0.2, -0.15) is 0 Å². The van der Waals surface area contributed by atoms with Crippen molar-refractivity contribution in [3.05, 3.63) is 70.8 Å². The summed E-state index contributed by atoms with van der Waals surface area (Å²) < 4.78 is 28.1. The monoisotopic (exact) mass is 386 g/mol. The van der Waals surface area contributed by atoms with Crippen molar-refractivity contribution >= 4 is 5.91 Å². The number of carbonyl (C=O) groups is 1. The van der Waals surface area contributed by atoms with E-state index in [9.17, 15) is 13.6 Å². The second-order valence-corrected chi connectivity index (χ2v) is 7.80. The Bertz CT molecular complexity index is 830. The van der Waals surface area contributed by atoms with Gasteiger partial charge in [-0.15, -0.1) is 0 Å². The van der Waals surface area contributed by atoms with Crippen molar-refractivity contribution in [3.8, 4) is 0 Å². The summed E-state index contributed by atoms with van der Waals surface area (Å²) in [5.74, 6) is -1.96. The van der Waals surface area contributed by atoms with E-state index in [1.165, 1.54) is 6.07 Å². The topological polar surface area (TPSA) is 32.3 Å². The summed E-state index contributed by atoms with van der Waals surface area (Å²) in [4.78, 5) is 15.3. The Balaban J connectivity index is 2.03. The van der Waals surface area contributed by atoms with Gasteiger partial charge in [0, 0.05) is 11.6 Å². The fraction of sp³-hybridized carbons (Fsp3) is 0.435. The van der Waals surface area contributed by atoms with E-state index in [2.05, 4.69) is 10.2 Å². The van der Waals surface area contributed by atoms with E-state index in [1.807, 2.05) is 44.4 Å².